The van der Waals surface area contributed by atoms with Crippen LogP contribution in [0.2, 0.25) is 0 Å². The normalized spacial score (nSPS) is 15.5. The predicted molar refractivity (Wildman–Crippen MR) is 91.7 cm³/mol. The predicted octanol–water partition coefficient (Wildman–Crippen LogP) is 1.83. The lowest BCUT2D eigenvalue weighted by atomic mass is 9.93. The molecule has 0 radical (unpaired) electrons. The quantitative estimate of drug-likeness (QED) is 0.806. The molecule has 0 aliphatic carbocycles. The third kappa shape index (κ3) is 4.75. The molecule has 1 aromatic carbocycles. The number of rotatable bonds is 6. The fourth-order valence-corrected chi connectivity index (χ4v) is 2.86. The number of primary amides is 1. The molecule has 1 aliphatic heterocycles. The Kier molecular flexibility index (Phi) is 6.23. The highest BCUT2D eigenvalue weighted by Gasteiger charge is 2.22. The smallest absolute Gasteiger partial charge is 0.246 e. The van der Waals surface area contributed by atoms with Gasteiger partial charge in [-0.05, 0) is 37.0 Å². The molecule has 6 heteroatoms. The Morgan fingerprint density at radius 1 is 1.25 bits per heavy atom. The summed E-state index contributed by atoms with van der Waals surface area (Å²) in [4.78, 5) is 25.1. The molecule has 1 aromatic rings. The van der Waals surface area contributed by atoms with Gasteiger partial charge < -0.3 is 20.1 Å². The maximum atomic E-state index is 12.3. The van der Waals surface area contributed by atoms with Crippen LogP contribution in [0.15, 0.2) is 24.3 Å². The standard InChI is InChI=1S/C18H24N2O4/c1-23-15-5-3-14(16(12-15)24-2)4-6-18(22)20-9-7-13(8-10-20)11-17(19)21/h3-6,12-13H,7-11H2,1-2H3,(H2,19,21). The van der Waals surface area contributed by atoms with E-state index < -0.39 is 0 Å². The number of benzene rings is 1. The lowest BCUT2D eigenvalue weighted by molar-refractivity contribution is -0.127. The number of likely N-dealkylation sites (tertiary alicyclic amines) is 1. The second kappa shape index (κ2) is 8.38. The minimum atomic E-state index is -0.272. The van der Waals surface area contributed by atoms with Gasteiger partial charge in [-0.3, -0.25) is 9.59 Å². The monoisotopic (exact) mass is 332 g/mol. The van der Waals surface area contributed by atoms with E-state index in [2.05, 4.69) is 0 Å². The third-order valence-electron chi connectivity index (χ3n) is 4.26. The Balaban J connectivity index is 1.95. The highest BCUT2D eigenvalue weighted by Crippen LogP contribution is 2.26. The zero-order valence-corrected chi connectivity index (χ0v) is 14.2. The van der Waals surface area contributed by atoms with Crippen LogP contribution in [0.3, 0.4) is 0 Å². The lowest BCUT2D eigenvalue weighted by Gasteiger charge is -2.30. The van der Waals surface area contributed by atoms with Gasteiger partial charge in [0.1, 0.15) is 11.5 Å². The Bertz CT molecular complexity index is 619. The van der Waals surface area contributed by atoms with Gasteiger partial charge in [-0.15, -0.1) is 0 Å². The van der Waals surface area contributed by atoms with Gasteiger partial charge in [-0.25, -0.2) is 0 Å². The number of carbonyl (C=O) groups excluding carboxylic acids is 2. The van der Waals surface area contributed by atoms with E-state index in [1.807, 2.05) is 12.1 Å². The van der Waals surface area contributed by atoms with E-state index in [-0.39, 0.29) is 17.7 Å². The molecule has 1 aliphatic rings. The van der Waals surface area contributed by atoms with Crippen molar-refractivity contribution in [3.63, 3.8) is 0 Å². The number of carbonyl (C=O) groups is 2. The van der Waals surface area contributed by atoms with Gasteiger partial charge in [0.25, 0.3) is 0 Å². The Morgan fingerprint density at radius 2 is 1.96 bits per heavy atom. The fraction of sp³-hybridized carbons (Fsp3) is 0.444. The van der Waals surface area contributed by atoms with Crippen molar-refractivity contribution in [3.8, 4) is 11.5 Å². The second-order valence-electron chi connectivity index (χ2n) is 5.88. The summed E-state index contributed by atoms with van der Waals surface area (Å²) in [7, 11) is 3.17. The summed E-state index contributed by atoms with van der Waals surface area (Å²) in [6.07, 6.45) is 5.33. The molecule has 0 saturated carbocycles. The SMILES string of the molecule is COc1ccc(C=CC(=O)N2CCC(CC(N)=O)CC2)c(OC)c1. The van der Waals surface area contributed by atoms with Crippen LogP contribution in [-0.2, 0) is 9.59 Å². The molecule has 0 unspecified atom stereocenters. The number of amides is 2. The van der Waals surface area contributed by atoms with Gasteiger partial charge >= 0.3 is 0 Å². The molecule has 130 valence electrons. The summed E-state index contributed by atoms with van der Waals surface area (Å²) in [6.45, 7) is 1.31. The average molecular weight is 332 g/mol. The number of nitrogens with zero attached hydrogens (tertiary/aromatic N) is 1. The lowest BCUT2D eigenvalue weighted by Crippen LogP contribution is -2.38. The number of ether oxygens (including phenoxy) is 2. The first-order valence-corrected chi connectivity index (χ1v) is 8.00. The van der Waals surface area contributed by atoms with Crippen LogP contribution in [0.25, 0.3) is 6.08 Å². The van der Waals surface area contributed by atoms with Crippen molar-refractivity contribution in [2.75, 3.05) is 27.3 Å². The van der Waals surface area contributed by atoms with Crippen molar-refractivity contribution in [1.82, 2.24) is 4.90 Å². The van der Waals surface area contributed by atoms with Crippen molar-refractivity contribution >= 4 is 17.9 Å². The molecule has 6 nitrogen and oxygen atoms in total. The Hall–Kier alpha value is -2.50. The molecular formula is C18H24N2O4. The van der Waals surface area contributed by atoms with Gasteiger partial charge in [-0.1, -0.05) is 0 Å². The maximum absolute atomic E-state index is 12.3. The maximum Gasteiger partial charge on any atom is 0.246 e. The first-order chi connectivity index (χ1) is 11.5. The summed E-state index contributed by atoms with van der Waals surface area (Å²) >= 11 is 0. The van der Waals surface area contributed by atoms with Crippen LogP contribution >= 0.6 is 0 Å². The first kappa shape index (κ1) is 17.8. The molecule has 0 spiro atoms. The minimum absolute atomic E-state index is 0.0367. The van der Waals surface area contributed by atoms with Gasteiger partial charge in [0.15, 0.2) is 0 Å². The van der Waals surface area contributed by atoms with Gasteiger partial charge in [-0.2, -0.15) is 0 Å². The van der Waals surface area contributed by atoms with Crippen molar-refractivity contribution in [2.24, 2.45) is 11.7 Å². The van der Waals surface area contributed by atoms with Crippen LogP contribution < -0.4 is 15.2 Å². The zero-order chi connectivity index (χ0) is 17.5. The zero-order valence-electron chi connectivity index (χ0n) is 14.2. The molecule has 0 atom stereocenters. The minimum Gasteiger partial charge on any atom is -0.497 e. The summed E-state index contributed by atoms with van der Waals surface area (Å²) < 4.78 is 10.5. The highest BCUT2D eigenvalue weighted by molar-refractivity contribution is 5.92. The van der Waals surface area contributed by atoms with Crippen molar-refractivity contribution < 1.29 is 19.1 Å². The molecule has 0 bridgehead atoms. The van der Waals surface area contributed by atoms with E-state index in [9.17, 15) is 9.59 Å². The second-order valence-corrected chi connectivity index (χ2v) is 5.88. The van der Waals surface area contributed by atoms with Gasteiger partial charge in [0.05, 0.1) is 14.2 Å². The molecule has 1 saturated heterocycles. The van der Waals surface area contributed by atoms with Gasteiger partial charge in [0.2, 0.25) is 11.8 Å². The van der Waals surface area contributed by atoms with Crippen LogP contribution in [-0.4, -0.2) is 44.0 Å². The highest BCUT2D eigenvalue weighted by atomic mass is 16.5. The van der Waals surface area contributed by atoms with E-state index in [1.165, 1.54) is 0 Å². The molecule has 1 heterocycles. The molecule has 24 heavy (non-hydrogen) atoms. The first-order valence-electron chi connectivity index (χ1n) is 8.00. The summed E-state index contributed by atoms with van der Waals surface area (Å²) in [6, 6.07) is 5.45. The molecule has 2 amide bonds. The Morgan fingerprint density at radius 3 is 2.54 bits per heavy atom. The van der Waals surface area contributed by atoms with Crippen molar-refractivity contribution in [2.45, 2.75) is 19.3 Å². The van der Waals surface area contributed by atoms with Crippen molar-refractivity contribution in [3.05, 3.63) is 29.8 Å². The number of methoxy groups -OCH3 is 2. The largest absolute Gasteiger partial charge is 0.497 e. The summed E-state index contributed by atoms with van der Waals surface area (Å²) in [5.41, 5.74) is 6.04. The van der Waals surface area contributed by atoms with E-state index >= 15 is 0 Å². The molecular weight excluding hydrogens is 308 g/mol. The van der Waals surface area contributed by atoms with E-state index in [0.717, 1.165) is 18.4 Å². The van der Waals surface area contributed by atoms with E-state index in [0.29, 0.717) is 31.0 Å². The molecule has 2 rings (SSSR count). The Labute approximate surface area is 142 Å². The summed E-state index contributed by atoms with van der Waals surface area (Å²) in [5, 5.41) is 0. The number of hydrogen-bond acceptors (Lipinski definition) is 4. The molecule has 1 fully saturated rings. The van der Waals surface area contributed by atoms with Crippen LogP contribution in [0.5, 0.6) is 11.5 Å². The van der Waals surface area contributed by atoms with E-state index in [1.54, 1.807) is 37.3 Å². The summed E-state index contributed by atoms with van der Waals surface area (Å²) in [5.74, 6) is 1.33. The number of piperidine rings is 1. The fourth-order valence-electron chi connectivity index (χ4n) is 2.86. The topological polar surface area (TPSA) is 81.9 Å². The number of nitrogens with two attached hydrogens (primary N) is 1. The molecule has 0 aromatic heterocycles. The number of hydrogen-bond donors (Lipinski definition) is 1. The van der Waals surface area contributed by atoms with Gasteiger partial charge in [0, 0.05) is 37.2 Å². The average Bonchev–Trinajstić information content (AvgIpc) is 2.59. The van der Waals surface area contributed by atoms with Crippen LogP contribution in [0.1, 0.15) is 24.8 Å². The van der Waals surface area contributed by atoms with E-state index in [4.69, 9.17) is 15.2 Å². The van der Waals surface area contributed by atoms with Crippen LogP contribution in [0, 0.1) is 5.92 Å². The van der Waals surface area contributed by atoms with Crippen LogP contribution in [0.4, 0.5) is 0 Å². The molecule has 2 N–H and O–H groups in total. The van der Waals surface area contributed by atoms with Crippen molar-refractivity contribution in [1.29, 1.82) is 0 Å². The third-order valence-corrected chi connectivity index (χ3v) is 4.26.